The Balaban J connectivity index is 1.95. The number of amides is 2. The standard InChI is InChI=1S/C22H29N3O4/c1-5-25(14-17-7-12-20(29-6-2)21(13-17)28-4)15-22(27)24-19-10-8-18(9-11-19)23-16(3)26/h7-13H,5-6,14-15H2,1-4H3,(H,23,26)(H,24,27). The molecular formula is C22H29N3O4. The highest BCUT2D eigenvalue weighted by Crippen LogP contribution is 2.28. The summed E-state index contributed by atoms with van der Waals surface area (Å²) >= 11 is 0. The van der Waals surface area contributed by atoms with E-state index < -0.39 is 0 Å². The number of anilines is 2. The molecule has 0 spiro atoms. The number of nitrogens with zero attached hydrogens (tertiary/aromatic N) is 1. The van der Waals surface area contributed by atoms with Gasteiger partial charge in [-0.1, -0.05) is 13.0 Å². The molecule has 2 N–H and O–H groups in total. The fourth-order valence-electron chi connectivity index (χ4n) is 2.87. The third-order valence-corrected chi connectivity index (χ3v) is 4.24. The molecule has 2 rings (SSSR count). The van der Waals surface area contributed by atoms with Crippen LogP contribution in [-0.2, 0) is 16.1 Å². The van der Waals surface area contributed by atoms with Crippen molar-refractivity contribution in [2.75, 3.05) is 37.4 Å². The number of methoxy groups -OCH3 is 1. The number of carbonyl (C=O) groups is 2. The molecule has 156 valence electrons. The average molecular weight is 399 g/mol. The van der Waals surface area contributed by atoms with E-state index in [2.05, 4.69) is 10.6 Å². The van der Waals surface area contributed by atoms with Crippen LogP contribution in [0, 0.1) is 0 Å². The van der Waals surface area contributed by atoms with E-state index >= 15 is 0 Å². The maximum absolute atomic E-state index is 12.4. The first-order valence-corrected chi connectivity index (χ1v) is 9.64. The minimum absolute atomic E-state index is 0.1000. The number of rotatable bonds is 10. The number of benzene rings is 2. The van der Waals surface area contributed by atoms with Crippen LogP contribution in [0.25, 0.3) is 0 Å². The van der Waals surface area contributed by atoms with Crippen molar-refractivity contribution in [3.63, 3.8) is 0 Å². The molecule has 0 bridgehead atoms. The number of carbonyl (C=O) groups excluding carboxylic acids is 2. The van der Waals surface area contributed by atoms with E-state index in [0.29, 0.717) is 36.0 Å². The Hall–Kier alpha value is -3.06. The molecule has 0 aliphatic rings. The van der Waals surface area contributed by atoms with E-state index in [9.17, 15) is 9.59 Å². The second-order valence-corrected chi connectivity index (χ2v) is 6.53. The second-order valence-electron chi connectivity index (χ2n) is 6.53. The van der Waals surface area contributed by atoms with Crippen molar-refractivity contribution < 1.29 is 19.1 Å². The Morgan fingerprint density at radius 2 is 1.62 bits per heavy atom. The molecule has 0 aliphatic carbocycles. The molecule has 29 heavy (non-hydrogen) atoms. The van der Waals surface area contributed by atoms with Crippen LogP contribution in [0.2, 0.25) is 0 Å². The zero-order valence-electron chi connectivity index (χ0n) is 17.5. The zero-order chi connectivity index (χ0) is 21.2. The van der Waals surface area contributed by atoms with Gasteiger partial charge >= 0.3 is 0 Å². The summed E-state index contributed by atoms with van der Waals surface area (Å²) in [6.07, 6.45) is 0. The number of nitrogens with one attached hydrogen (secondary N) is 2. The lowest BCUT2D eigenvalue weighted by molar-refractivity contribution is -0.117. The fourth-order valence-corrected chi connectivity index (χ4v) is 2.87. The van der Waals surface area contributed by atoms with E-state index in [1.807, 2.05) is 36.9 Å². The first kappa shape index (κ1) is 22.2. The van der Waals surface area contributed by atoms with Gasteiger partial charge in [0.1, 0.15) is 0 Å². The van der Waals surface area contributed by atoms with Crippen molar-refractivity contribution in [3.05, 3.63) is 48.0 Å². The first-order valence-electron chi connectivity index (χ1n) is 9.64. The molecule has 0 aromatic heterocycles. The summed E-state index contributed by atoms with van der Waals surface area (Å²) in [5, 5.41) is 5.58. The number of hydrogen-bond acceptors (Lipinski definition) is 5. The fraction of sp³-hybridized carbons (Fsp3) is 0.364. The molecule has 0 heterocycles. The van der Waals surface area contributed by atoms with Crippen LogP contribution in [0.4, 0.5) is 11.4 Å². The summed E-state index contributed by atoms with van der Waals surface area (Å²) in [6, 6.07) is 12.8. The molecule has 0 aliphatic heterocycles. The van der Waals surface area contributed by atoms with Gasteiger partial charge in [0.25, 0.3) is 0 Å². The largest absolute Gasteiger partial charge is 0.493 e. The highest BCUT2D eigenvalue weighted by Gasteiger charge is 2.12. The Morgan fingerprint density at radius 1 is 0.966 bits per heavy atom. The predicted octanol–water partition coefficient (Wildman–Crippen LogP) is 3.51. The van der Waals surface area contributed by atoms with Crippen molar-refractivity contribution in [2.45, 2.75) is 27.3 Å². The van der Waals surface area contributed by atoms with Gasteiger partial charge in [-0.25, -0.2) is 0 Å². The average Bonchev–Trinajstić information content (AvgIpc) is 2.69. The van der Waals surface area contributed by atoms with Crippen molar-refractivity contribution in [3.8, 4) is 11.5 Å². The minimum atomic E-state index is -0.133. The minimum Gasteiger partial charge on any atom is -0.493 e. The molecule has 0 fully saturated rings. The van der Waals surface area contributed by atoms with Crippen molar-refractivity contribution >= 4 is 23.2 Å². The van der Waals surface area contributed by atoms with E-state index in [1.54, 1.807) is 31.4 Å². The highest BCUT2D eigenvalue weighted by molar-refractivity contribution is 5.93. The van der Waals surface area contributed by atoms with Gasteiger partial charge < -0.3 is 20.1 Å². The van der Waals surface area contributed by atoms with Crippen LogP contribution in [0.15, 0.2) is 42.5 Å². The normalized spacial score (nSPS) is 10.5. The molecule has 2 aromatic rings. The Morgan fingerprint density at radius 3 is 2.17 bits per heavy atom. The lowest BCUT2D eigenvalue weighted by Crippen LogP contribution is -2.32. The summed E-state index contributed by atoms with van der Waals surface area (Å²) < 4.78 is 10.9. The molecular weight excluding hydrogens is 370 g/mol. The molecule has 0 atom stereocenters. The summed E-state index contributed by atoms with van der Waals surface area (Å²) in [4.78, 5) is 25.5. The summed E-state index contributed by atoms with van der Waals surface area (Å²) in [6.45, 7) is 7.58. The smallest absolute Gasteiger partial charge is 0.238 e. The summed E-state index contributed by atoms with van der Waals surface area (Å²) in [7, 11) is 1.61. The van der Waals surface area contributed by atoms with Gasteiger partial charge in [0.2, 0.25) is 11.8 Å². The van der Waals surface area contributed by atoms with Crippen LogP contribution in [-0.4, -0.2) is 43.5 Å². The first-order chi connectivity index (χ1) is 13.9. The van der Waals surface area contributed by atoms with Crippen molar-refractivity contribution in [1.29, 1.82) is 0 Å². The number of hydrogen-bond donors (Lipinski definition) is 2. The van der Waals surface area contributed by atoms with Crippen LogP contribution in [0.1, 0.15) is 26.3 Å². The van der Waals surface area contributed by atoms with Gasteiger partial charge in [-0.05, 0) is 55.4 Å². The van der Waals surface area contributed by atoms with Gasteiger partial charge in [-0.2, -0.15) is 0 Å². The summed E-state index contributed by atoms with van der Waals surface area (Å²) in [5.74, 6) is 1.16. The second kappa shape index (κ2) is 11.1. The lowest BCUT2D eigenvalue weighted by Gasteiger charge is -2.21. The molecule has 0 saturated carbocycles. The number of likely N-dealkylation sites (N-methyl/N-ethyl adjacent to an activating group) is 1. The SMILES string of the molecule is CCOc1ccc(CN(CC)CC(=O)Nc2ccc(NC(C)=O)cc2)cc1OC. The van der Waals surface area contributed by atoms with E-state index in [4.69, 9.17) is 9.47 Å². The third-order valence-electron chi connectivity index (χ3n) is 4.24. The van der Waals surface area contributed by atoms with Crippen molar-refractivity contribution in [1.82, 2.24) is 4.90 Å². The van der Waals surface area contributed by atoms with Gasteiger partial charge in [0.15, 0.2) is 11.5 Å². The maximum atomic E-state index is 12.4. The molecule has 7 nitrogen and oxygen atoms in total. The molecule has 2 aromatic carbocycles. The van der Waals surface area contributed by atoms with Gasteiger partial charge in [-0.15, -0.1) is 0 Å². The maximum Gasteiger partial charge on any atom is 0.238 e. The predicted molar refractivity (Wildman–Crippen MR) is 114 cm³/mol. The third kappa shape index (κ3) is 7.12. The van der Waals surface area contributed by atoms with E-state index in [0.717, 1.165) is 12.1 Å². The Bertz CT molecular complexity index is 821. The van der Waals surface area contributed by atoms with Gasteiger partial charge in [0, 0.05) is 24.8 Å². The zero-order valence-corrected chi connectivity index (χ0v) is 17.5. The van der Waals surface area contributed by atoms with E-state index in [-0.39, 0.29) is 18.4 Å². The van der Waals surface area contributed by atoms with Crippen LogP contribution >= 0.6 is 0 Å². The van der Waals surface area contributed by atoms with Gasteiger partial charge in [0.05, 0.1) is 20.3 Å². The molecule has 2 amide bonds. The molecule has 0 unspecified atom stereocenters. The van der Waals surface area contributed by atoms with Crippen LogP contribution in [0.5, 0.6) is 11.5 Å². The molecule has 7 heteroatoms. The van der Waals surface area contributed by atoms with Crippen LogP contribution in [0.3, 0.4) is 0 Å². The van der Waals surface area contributed by atoms with Crippen molar-refractivity contribution in [2.24, 2.45) is 0 Å². The number of ether oxygens (including phenoxy) is 2. The Labute approximate surface area is 172 Å². The molecule has 0 radical (unpaired) electrons. The topological polar surface area (TPSA) is 79.9 Å². The van der Waals surface area contributed by atoms with Crippen LogP contribution < -0.4 is 20.1 Å². The Kier molecular flexibility index (Phi) is 8.48. The summed E-state index contributed by atoms with van der Waals surface area (Å²) in [5.41, 5.74) is 2.41. The highest BCUT2D eigenvalue weighted by atomic mass is 16.5. The quantitative estimate of drug-likeness (QED) is 0.639. The lowest BCUT2D eigenvalue weighted by atomic mass is 10.2. The molecule has 0 saturated heterocycles. The van der Waals surface area contributed by atoms with Gasteiger partial charge in [-0.3, -0.25) is 14.5 Å². The monoisotopic (exact) mass is 399 g/mol. The van der Waals surface area contributed by atoms with E-state index in [1.165, 1.54) is 6.92 Å².